The second-order valence-corrected chi connectivity index (χ2v) is 5.01. The van der Waals surface area contributed by atoms with Crippen LogP contribution < -0.4 is 16.4 Å². The topological polar surface area (TPSA) is 84.2 Å². The smallest absolute Gasteiger partial charge is 0.221 e. The van der Waals surface area contributed by atoms with Crippen molar-refractivity contribution in [1.29, 1.82) is 0 Å². The first-order valence-electron chi connectivity index (χ1n) is 6.73. The van der Waals surface area contributed by atoms with Crippen molar-refractivity contribution in [3.63, 3.8) is 0 Å². The van der Waals surface area contributed by atoms with Crippen molar-refractivity contribution >= 4 is 11.8 Å². The first-order valence-corrected chi connectivity index (χ1v) is 6.73. The average molecular weight is 257 g/mol. The van der Waals surface area contributed by atoms with E-state index in [0.717, 1.165) is 6.42 Å². The fourth-order valence-corrected chi connectivity index (χ4v) is 1.45. The number of carbonyl (C=O) groups is 2. The van der Waals surface area contributed by atoms with Gasteiger partial charge < -0.3 is 16.4 Å². The summed E-state index contributed by atoms with van der Waals surface area (Å²) in [5.41, 5.74) is 5.53. The predicted molar refractivity (Wildman–Crippen MR) is 72.9 cm³/mol. The molecule has 0 saturated carbocycles. The summed E-state index contributed by atoms with van der Waals surface area (Å²) in [6.07, 6.45) is 1.68. The van der Waals surface area contributed by atoms with Crippen LogP contribution in [0.25, 0.3) is 0 Å². The minimum atomic E-state index is -0.0241. The van der Waals surface area contributed by atoms with Gasteiger partial charge in [0.05, 0.1) is 0 Å². The number of carbonyl (C=O) groups excluding carboxylic acids is 2. The second-order valence-electron chi connectivity index (χ2n) is 5.01. The molecule has 0 radical (unpaired) electrons. The van der Waals surface area contributed by atoms with Crippen LogP contribution in [0.2, 0.25) is 0 Å². The Morgan fingerprint density at radius 3 is 2.33 bits per heavy atom. The van der Waals surface area contributed by atoms with Gasteiger partial charge in [-0.05, 0) is 18.4 Å². The lowest BCUT2D eigenvalue weighted by molar-refractivity contribution is -0.122. The molecule has 4 N–H and O–H groups in total. The van der Waals surface area contributed by atoms with Crippen molar-refractivity contribution in [3.8, 4) is 0 Å². The zero-order chi connectivity index (χ0) is 14.0. The molecular weight excluding hydrogens is 230 g/mol. The van der Waals surface area contributed by atoms with Crippen LogP contribution in [0.5, 0.6) is 0 Å². The van der Waals surface area contributed by atoms with Gasteiger partial charge in [-0.25, -0.2) is 0 Å². The largest absolute Gasteiger partial charge is 0.356 e. The molecule has 18 heavy (non-hydrogen) atoms. The highest BCUT2D eigenvalue weighted by Crippen LogP contribution is 2.05. The summed E-state index contributed by atoms with van der Waals surface area (Å²) < 4.78 is 0. The minimum Gasteiger partial charge on any atom is -0.356 e. The van der Waals surface area contributed by atoms with Gasteiger partial charge in [-0.15, -0.1) is 0 Å². The summed E-state index contributed by atoms with van der Waals surface area (Å²) >= 11 is 0. The van der Waals surface area contributed by atoms with E-state index in [0.29, 0.717) is 38.4 Å². The highest BCUT2D eigenvalue weighted by atomic mass is 16.2. The lowest BCUT2D eigenvalue weighted by Gasteiger charge is -2.12. The Morgan fingerprint density at radius 2 is 1.83 bits per heavy atom. The van der Waals surface area contributed by atoms with Gasteiger partial charge in [0.2, 0.25) is 11.8 Å². The lowest BCUT2D eigenvalue weighted by Crippen LogP contribution is -2.33. The number of nitrogens with two attached hydrogens (primary N) is 1. The predicted octanol–water partition coefficient (Wildman–Crippen LogP) is 0.640. The first-order chi connectivity index (χ1) is 8.49. The Balaban J connectivity index is 3.64. The molecule has 106 valence electrons. The van der Waals surface area contributed by atoms with Gasteiger partial charge in [-0.2, -0.15) is 0 Å². The summed E-state index contributed by atoms with van der Waals surface area (Å²) in [7, 11) is 0. The maximum Gasteiger partial charge on any atom is 0.221 e. The molecule has 5 nitrogen and oxygen atoms in total. The maximum atomic E-state index is 11.5. The number of rotatable bonds is 9. The minimum absolute atomic E-state index is 0.0186. The molecule has 2 amide bonds. The molecule has 0 aliphatic heterocycles. The van der Waals surface area contributed by atoms with Crippen LogP contribution in [0, 0.1) is 11.8 Å². The van der Waals surface area contributed by atoms with Gasteiger partial charge in [0.1, 0.15) is 0 Å². The first kappa shape index (κ1) is 16.9. The van der Waals surface area contributed by atoms with Gasteiger partial charge in [-0.3, -0.25) is 9.59 Å². The molecule has 1 atom stereocenters. The molecule has 0 aliphatic carbocycles. The SMILES string of the molecule is CCC(CN)CC(=O)NCCC(=O)NCC(C)C. The molecule has 1 unspecified atom stereocenters. The number of nitrogens with one attached hydrogen (secondary N) is 2. The van der Waals surface area contributed by atoms with Gasteiger partial charge >= 0.3 is 0 Å². The molecular formula is C13H27N3O2. The van der Waals surface area contributed by atoms with Crippen LogP contribution in [0.4, 0.5) is 0 Å². The van der Waals surface area contributed by atoms with E-state index in [9.17, 15) is 9.59 Å². The summed E-state index contributed by atoms with van der Waals surface area (Å²) in [6.45, 7) is 7.70. The van der Waals surface area contributed by atoms with E-state index in [1.165, 1.54) is 0 Å². The van der Waals surface area contributed by atoms with Crippen molar-refractivity contribution in [3.05, 3.63) is 0 Å². The highest BCUT2D eigenvalue weighted by molar-refractivity contribution is 5.79. The van der Waals surface area contributed by atoms with Crippen LogP contribution >= 0.6 is 0 Å². The monoisotopic (exact) mass is 257 g/mol. The van der Waals surface area contributed by atoms with Crippen LogP contribution in [-0.4, -0.2) is 31.4 Å². The van der Waals surface area contributed by atoms with E-state index in [1.807, 2.05) is 20.8 Å². The number of amides is 2. The molecule has 0 aromatic carbocycles. The van der Waals surface area contributed by atoms with Crippen LogP contribution in [0.3, 0.4) is 0 Å². The standard InChI is InChI=1S/C13H27N3O2/c1-4-11(8-14)7-13(18)15-6-5-12(17)16-9-10(2)3/h10-11H,4-9,14H2,1-3H3,(H,15,18)(H,16,17). The fraction of sp³-hybridized carbons (Fsp3) is 0.846. The maximum absolute atomic E-state index is 11.5. The quantitative estimate of drug-likeness (QED) is 0.567. The molecule has 0 spiro atoms. The van der Waals surface area contributed by atoms with E-state index in [4.69, 9.17) is 5.73 Å². The molecule has 0 rings (SSSR count). The van der Waals surface area contributed by atoms with Crippen LogP contribution in [0.15, 0.2) is 0 Å². The van der Waals surface area contributed by atoms with Crippen molar-refractivity contribution in [2.45, 2.75) is 40.0 Å². The van der Waals surface area contributed by atoms with Crippen molar-refractivity contribution in [1.82, 2.24) is 10.6 Å². The molecule has 0 aliphatic rings. The Morgan fingerprint density at radius 1 is 1.17 bits per heavy atom. The highest BCUT2D eigenvalue weighted by Gasteiger charge is 2.10. The summed E-state index contributed by atoms with van der Waals surface area (Å²) in [6, 6.07) is 0. The molecule has 0 aromatic heterocycles. The second kappa shape index (κ2) is 9.88. The number of hydrogen-bond donors (Lipinski definition) is 3. The Hall–Kier alpha value is -1.10. The van der Waals surface area contributed by atoms with E-state index in [2.05, 4.69) is 10.6 Å². The molecule has 0 bridgehead atoms. The summed E-state index contributed by atoms with van der Waals surface area (Å²) in [4.78, 5) is 22.9. The third kappa shape index (κ3) is 8.98. The summed E-state index contributed by atoms with van der Waals surface area (Å²) in [5.74, 6) is 0.636. The zero-order valence-electron chi connectivity index (χ0n) is 11.8. The van der Waals surface area contributed by atoms with Crippen molar-refractivity contribution < 1.29 is 9.59 Å². The molecule has 0 saturated heterocycles. The third-order valence-corrected chi connectivity index (χ3v) is 2.77. The third-order valence-electron chi connectivity index (χ3n) is 2.77. The zero-order valence-corrected chi connectivity index (χ0v) is 11.8. The summed E-state index contributed by atoms with van der Waals surface area (Å²) in [5, 5.41) is 5.55. The lowest BCUT2D eigenvalue weighted by atomic mass is 10.0. The average Bonchev–Trinajstić information content (AvgIpc) is 2.33. The Labute approximate surface area is 110 Å². The Bertz CT molecular complexity index is 251. The van der Waals surface area contributed by atoms with Crippen molar-refractivity contribution in [2.24, 2.45) is 17.6 Å². The fourth-order valence-electron chi connectivity index (χ4n) is 1.45. The van der Waals surface area contributed by atoms with Gasteiger partial charge in [0.25, 0.3) is 0 Å². The van der Waals surface area contributed by atoms with Crippen LogP contribution in [0.1, 0.15) is 40.0 Å². The van der Waals surface area contributed by atoms with Crippen molar-refractivity contribution in [2.75, 3.05) is 19.6 Å². The Kier molecular flexibility index (Phi) is 9.28. The molecule has 0 fully saturated rings. The van der Waals surface area contributed by atoms with E-state index in [-0.39, 0.29) is 17.7 Å². The van der Waals surface area contributed by atoms with E-state index < -0.39 is 0 Å². The van der Waals surface area contributed by atoms with E-state index >= 15 is 0 Å². The van der Waals surface area contributed by atoms with Gasteiger partial charge in [0, 0.05) is 25.9 Å². The molecule has 5 heteroatoms. The van der Waals surface area contributed by atoms with Crippen LogP contribution in [-0.2, 0) is 9.59 Å². The normalized spacial score (nSPS) is 12.3. The van der Waals surface area contributed by atoms with Gasteiger partial charge in [0.15, 0.2) is 0 Å². The molecule has 0 aromatic rings. The number of hydrogen-bond acceptors (Lipinski definition) is 3. The van der Waals surface area contributed by atoms with Gasteiger partial charge in [-0.1, -0.05) is 27.2 Å². The molecule has 0 heterocycles. The van der Waals surface area contributed by atoms with E-state index in [1.54, 1.807) is 0 Å².